The van der Waals surface area contributed by atoms with Gasteiger partial charge in [-0.2, -0.15) is 0 Å². The van der Waals surface area contributed by atoms with Crippen LogP contribution in [0.15, 0.2) is 24.5 Å². The first-order chi connectivity index (χ1) is 9.93. The van der Waals surface area contributed by atoms with Gasteiger partial charge in [0.15, 0.2) is 0 Å². The Balaban J connectivity index is 2.79. The zero-order valence-corrected chi connectivity index (χ0v) is 13.2. The Morgan fingerprint density at radius 1 is 1.24 bits per heavy atom. The predicted octanol–water partition coefficient (Wildman–Crippen LogP) is 2.27. The number of ether oxygens (including phenoxy) is 1. The highest BCUT2D eigenvalue weighted by Crippen LogP contribution is 2.12. The summed E-state index contributed by atoms with van der Waals surface area (Å²) in [6.45, 7) is 6.63. The SMILES string of the molecule is COC(=O)C(C)CN(Cc1ccncc1)C(=O)CC(C)C. The molecule has 1 rings (SSSR count). The number of hydrogen-bond acceptors (Lipinski definition) is 4. The van der Waals surface area contributed by atoms with Gasteiger partial charge in [-0.3, -0.25) is 14.6 Å². The number of pyridine rings is 1. The number of rotatable bonds is 7. The molecule has 1 atom stereocenters. The molecule has 0 aromatic carbocycles. The summed E-state index contributed by atoms with van der Waals surface area (Å²) in [7, 11) is 1.36. The molecule has 1 unspecified atom stereocenters. The number of carbonyl (C=O) groups is 2. The Labute approximate surface area is 126 Å². The maximum Gasteiger partial charge on any atom is 0.310 e. The number of carbonyl (C=O) groups excluding carboxylic acids is 2. The third kappa shape index (κ3) is 5.94. The van der Waals surface area contributed by atoms with Crippen molar-refractivity contribution < 1.29 is 14.3 Å². The van der Waals surface area contributed by atoms with E-state index in [9.17, 15) is 9.59 Å². The molecule has 1 amide bonds. The standard InChI is InChI=1S/C16H24N2O3/c1-12(2)9-15(19)18(10-13(3)16(20)21-4)11-14-5-7-17-8-6-14/h5-8,12-13H,9-11H2,1-4H3. The summed E-state index contributed by atoms with van der Waals surface area (Å²) >= 11 is 0. The summed E-state index contributed by atoms with van der Waals surface area (Å²) < 4.78 is 4.74. The second kappa shape index (κ2) is 8.39. The molecule has 0 aliphatic carbocycles. The molecule has 1 aromatic heterocycles. The van der Waals surface area contributed by atoms with E-state index >= 15 is 0 Å². The summed E-state index contributed by atoms with van der Waals surface area (Å²) in [4.78, 5) is 29.6. The Hall–Kier alpha value is -1.91. The van der Waals surface area contributed by atoms with Gasteiger partial charge in [0.25, 0.3) is 0 Å². The normalized spacial score (nSPS) is 12.0. The van der Waals surface area contributed by atoms with E-state index in [1.165, 1.54) is 7.11 Å². The van der Waals surface area contributed by atoms with Gasteiger partial charge >= 0.3 is 5.97 Å². The zero-order chi connectivity index (χ0) is 15.8. The maximum atomic E-state index is 12.4. The topological polar surface area (TPSA) is 59.5 Å². The molecule has 21 heavy (non-hydrogen) atoms. The molecule has 0 N–H and O–H groups in total. The Morgan fingerprint density at radius 3 is 2.38 bits per heavy atom. The van der Waals surface area contributed by atoms with E-state index < -0.39 is 0 Å². The second-order valence-corrected chi connectivity index (χ2v) is 5.65. The average molecular weight is 292 g/mol. The van der Waals surface area contributed by atoms with Crippen molar-refractivity contribution in [2.24, 2.45) is 11.8 Å². The van der Waals surface area contributed by atoms with Crippen molar-refractivity contribution in [3.05, 3.63) is 30.1 Å². The van der Waals surface area contributed by atoms with Crippen LogP contribution in [0.1, 0.15) is 32.8 Å². The highest BCUT2D eigenvalue weighted by atomic mass is 16.5. The second-order valence-electron chi connectivity index (χ2n) is 5.65. The molecule has 0 saturated heterocycles. The first kappa shape index (κ1) is 17.1. The lowest BCUT2D eigenvalue weighted by molar-refractivity contribution is -0.146. The Bertz CT molecular complexity index is 460. The van der Waals surface area contributed by atoms with E-state index in [2.05, 4.69) is 4.98 Å². The largest absolute Gasteiger partial charge is 0.469 e. The molecule has 5 heteroatoms. The lowest BCUT2D eigenvalue weighted by atomic mass is 10.1. The van der Waals surface area contributed by atoms with Crippen LogP contribution < -0.4 is 0 Å². The number of nitrogens with zero attached hydrogens (tertiary/aromatic N) is 2. The van der Waals surface area contributed by atoms with Gasteiger partial charge in [0.2, 0.25) is 5.91 Å². The molecule has 0 aliphatic heterocycles. The number of hydrogen-bond donors (Lipinski definition) is 0. The van der Waals surface area contributed by atoms with Crippen molar-refractivity contribution in [3.63, 3.8) is 0 Å². The molecule has 0 spiro atoms. The summed E-state index contributed by atoms with van der Waals surface area (Å²) in [5.74, 6) is -0.302. The first-order valence-corrected chi connectivity index (χ1v) is 7.18. The molecule has 1 heterocycles. The van der Waals surface area contributed by atoms with Gasteiger partial charge in [-0.05, 0) is 23.6 Å². The van der Waals surface area contributed by atoms with Gasteiger partial charge in [0.05, 0.1) is 13.0 Å². The number of amides is 1. The molecular weight excluding hydrogens is 268 g/mol. The molecule has 5 nitrogen and oxygen atoms in total. The van der Waals surface area contributed by atoms with Crippen LogP contribution in [0.4, 0.5) is 0 Å². The van der Waals surface area contributed by atoms with Crippen LogP contribution in [0, 0.1) is 11.8 Å². The lowest BCUT2D eigenvalue weighted by Gasteiger charge is -2.26. The monoisotopic (exact) mass is 292 g/mol. The molecule has 0 aliphatic rings. The minimum Gasteiger partial charge on any atom is -0.469 e. The van der Waals surface area contributed by atoms with Crippen LogP contribution in [-0.4, -0.2) is 35.4 Å². The maximum absolute atomic E-state index is 12.4. The van der Waals surface area contributed by atoms with Gasteiger partial charge < -0.3 is 9.64 Å². The van der Waals surface area contributed by atoms with Crippen molar-refractivity contribution in [2.45, 2.75) is 33.7 Å². The van der Waals surface area contributed by atoms with Gasteiger partial charge in [-0.1, -0.05) is 20.8 Å². The highest BCUT2D eigenvalue weighted by Gasteiger charge is 2.22. The van der Waals surface area contributed by atoms with Crippen LogP contribution >= 0.6 is 0 Å². The quantitative estimate of drug-likeness (QED) is 0.723. The minimum absolute atomic E-state index is 0.0533. The fraction of sp³-hybridized carbons (Fsp3) is 0.562. The first-order valence-electron chi connectivity index (χ1n) is 7.18. The minimum atomic E-state index is -0.340. The summed E-state index contributed by atoms with van der Waals surface area (Å²) in [5.41, 5.74) is 0.999. The van der Waals surface area contributed by atoms with Crippen molar-refractivity contribution in [1.82, 2.24) is 9.88 Å². The Morgan fingerprint density at radius 2 is 1.86 bits per heavy atom. The third-order valence-corrected chi connectivity index (χ3v) is 3.16. The number of methoxy groups -OCH3 is 1. The third-order valence-electron chi connectivity index (χ3n) is 3.16. The summed E-state index contributed by atoms with van der Waals surface area (Å²) in [6.07, 6.45) is 3.87. The molecule has 0 saturated carbocycles. The van der Waals surface area contributed by atoms with Crippen LogP contribution in [0.2, 0.25) is 0 Å². The van der Waals surface area contributed by atoms with Crippen LogP contribution in [0.3, 0.4) is 0 Å². The summed E-state index contributed by atoms with van der Waals surface area (Å²) in [5, 5.41) is 0. The fourth-order valence-corrected chi connectivity index (χ4v) is 2.05. The van der Waals surface area contributed by atoms with Gasteiger partial charge in [0.1, 0.15) is 0 Å². The zero-order valence-electron chi connectivity index (χ0n) is 13.2. The fourth-order valence-electron chi connectivity index (χ4n) is 2.05. The lowest BCUT2D eigenvalue weighted by Crippen LogP contribution is -2.37. The summed E-state index contributed by atoms with van der Waals surface area (Å²) in [6, 6.07) is 3.75. The predicted molar refractivity (Wildman–Crippen MR) is 80.3 cm³/mol. The average Bonchev–Trinajstić information content (AvgIpc) is 2.45. The van der Waals surface area contributed by atoms with E-state index in [1.807, 2.05) is 26.0 Å². The van der Waals surface area contributed by atoms with E-state index in [1.54, 1.807) is 24.2 Å². The van der Waals surface area contributed by atoms with Crippen molar-refractivity contribution in [2.75, 3.05) is 13.7 Å². The Kier molecular flexibility index (Phi) is 6.85. The molecular formula is C16H24N2O3. The molecule has 116 valence electrons. The van der Waals surface area contributed by atoms with Gasteiger partial charge in [0, 0.05) is 31.9 Å². The molecule has 1 aromatic rings. The van der Waals surface area contributed by atoms with E-state index in [-0.39, 0.29) is 23.7 Å². The molecule has 0 radical (unpaired) electrons. The highest BCUT2D eigenvalue weighted by molar-refractivity contribution is 5.78. The van der Waals surface area contributed by atoms with Crippen LogP contribution in [-0.2, 0) is 20.9 Å². The van der Waals surface area contributed by atoms with E-state index in [0.29, 0.717) is 19.5 Å². The molecule has 0 bridgehead atoms. The van der Waals surface area contributed by atoms with Crippen molar-refractivity contribution in [3.8, 4) is 0 Å². The number of esters is 1. The van der Waals surface area contributed by atoms with Crippen LogP contribution in [0.25, 0.3) is 0 Å². The van der Waals surface area contributed by atoms with Gasteiger partial charge in [-0.15, -0.1) is 0 Å². The van der Waals surface area contributed by atoms with Crippen molar-refractivity contribution >= 4 is 11.9 Å². The van der Waals surface area contributed by atoms with Gasteiger partial charge in [-0.25, -0.2) is 0 Å². The number of aromatic nitrogens is 1. The van der Waals surface area contributed by atoms with E-state index in [4.69, 9.17) is 4.74 Å². The van der Waals surface area contributed by atoms with E-state index in [0.717, 1.165) is 5.56 Å². The molecule has 0 fully saturated rings. The van der Waals surface area contributed by atoms with Crippen LogP contribution in [0.5, 0.6) is 0 Å². The smallest absolute Gasteiger partial charge is 0.310 e. The van der Waals surface area contributed by atoms with Crippen molar-refractivity contribution in [1.29, 1.82) is 0 Å².